The van der Waals surface area contributed by atoms with E-state index in [1.165, 1.54) is 10.5 Å². The summed E-state index contributed by atoms with van der Waals surface area (Å²) in [5, 5.41) is 6.60. The summed E-state index contributed by atoms with van der Waals surface area (Å²) in [6.07, 6.45) is 3.39. The molecule has 1 saturated heterocycles. The quantitative estimate of drug-likeness (QED) is 0.224. The Balaban J connectivity index is 0.00000512. The number of hydrogen-bond donors (Lipinski definition) is 2. The predicted molar refractivity (Wildman–Crippen MR) is 141 cm³/mol. The van der Waals surface area contributed by atoms with Crippen LogP contribution in [0.4, 0.5) is 4.79 Å². The van der Waals surface area contributed by atoms with E-state index in [4.69, 9.17) is 9.73 Å². The van der Waals surface area contributed by atoms with E-state index >= 15 is 0 Å². The Bertz CT molecular complexity index is 783. The Morgan fingerprint density at radius 1 is 1.28 bits per heavy atom. The van der Waals surface area contributed by atoms with Gasteiger partial charge in [0.15, 0.2) is 5.96 Å². The molecule has 2 rings (SSSR count). The topological polar surface area (TPSA) is 86.3 Å². The van der Waals surface area contributed by atoms with Crippen LogP contribution in [-0.4, -0.2) is 80.4 Å². The van der Waals surface area contributed by atoms with E-state index in [1.807, 2.05) is 6.92 Å². The highest BCUT2D eigenvalue weighted by molar-refractivity contribution is 14.0. The van der Waals surface area contributed by atoms with E-state index in [0.717, 1.165) is 18.4 Å². The van der Waals surface area contributed by atoms with E-state index in [9.17, 15) is 9.59 Å². The molecule has 1 heterocycles. The van der Waals surface area contributed by atoms with Crippen molar-refractivity contribution in [3.8, 4) is 0 Å². The average Bonchev–Trinajstić information content (AvgIpc) is 2.76. The number of piperidine rings is 1. The summed E-state index contributed by atoms with van der Waals surface area (Å²) in [5.41, 5.74) is 2.37. The van der Waals surface area contributed by atoms with Crippen LogP contribution in [0.2, 0.25) is 0 Å². The van der Waals surface area contributed by atoms with Crippen molar-refractivity contribution >= 4 is 53.7 Å². The molecule has 0 aliphatic carbocycles. The summed E-state index contributed by atoms with van der Waals surface area (Å²) in [5.74, 6) is 0.587. The van der Waals surface area contributed by atoms with Crippen LogP contribution in [-0.2, 0) is 16.1 Å². The van der Waals surface area contributed by atoms with Crippen molar-refractivity contribution in [3.05, 3.63) is 29.3 Å². The second-order valence-corrected chi connectivity index (χ2v) is 8.57. The number of guanidine groups is 1. The molecule has 1 aliphatic heterocycles. The third-order valence-electron chi connectivity index (χ3n) is 5.12. The molecule has 0 saturated carbocycles. The molecular weight excluding hydrogens is 541 g/mol. The summed E-state index contributed by atoms with van der Waals surface area (Å²) in [4.78, 5) is 33.2. The molecule has 0 unspecified atom stereocenters. The Morgan fingerprint density at radius 2 is 1.97 bits per heavy atom. The van der Waals surface area contributed by atoms with E-state index in [-0.39, 0.29) is 48.6 Å². The molecule has 0 atom stereocenters. The lowest BCUT2D eigenvalue weighted by Crippen LogP contribution is -2.51. The number of aryl methyl sites for hydroxylation is 1. The van der Waals surface area contributed by atoms with Crippen LogP contribution in [0.3, 0.4) is 0 Å². The van der Waals surface area contributed by atoms with Gasteiger partial charge in [-0.2, -0.15) is 0 Å². The first-order valence-electron chi connectivity index (χ1n) is 10.6. The van der Waals surface area contributed by atoms with Gasteiger partial charge in [0.25, 0.3) is 0 Å². The molecule has 2 N–H and O–H groups in total. The SMILES string of the molecule is CCOC(=O)N1CCC(NC(=NCc2ccc(C)cc2SC)NCC(=O)N(C)C)CC1.I. The zero-order chi connectivity index (χ0) is 22.8. The van der Waals surface area contributed by atoms with Gasteiger partial charge in [-0.1, -0.05) is 12.1 Å². The second-order valence-electron chi connectivity index (χ2n) is 7.73. The highest BCUT2D eigenvalue weighted by atomic mass is 127. The van der Waals surface area contributed by atoms with Gasteiger partial charge < -0.3 is 25.2 Å². The van der Waals surface area contributed by atoms with Crippen LogP contribution in [0, 0.1) is 6.92 Å². The van der Waals surface area contributed by atoms with E-state index < -0.39 is 0 Å². The van der Waals surface area contributed by atoms with Crippen LogP contribution in [0.15, 0.2) is 28.1 Å². The molecule has 1 aromatic carbocycles. The highest BCUT2D eigenvalue weighted by Crippen LogP contribution is 2.22. The molecule has 1 aromatic rings. The van der Waals surface area contributed by atoms with Gasteiger partial charge in [-0.15, -0.1) is 35.7 Å². The van der Waals surface area contributed by atoms with E-state index in [1.54, 1.807) is 35.7 Å². The molecule has 180 valence electrons. The van der Waals surface area contributed by atoms with E-state index in [2.05, 4.69) is 42.0 Å². The van der Waals surface area contributed by atoms with Gasteiger partial charge in [-0.3, -0.25) is 4.79 Å². The Labute approximate surface area is 212 Å². The highest BCUT2D eigenvalue weighted by Gasteiger charge is 2.24. The normalized spacial score (nSPS) is 14.4. The van der Waals surface area contributed by atoms with Crippen molar-refractivity contribution in [2.24, 2.45) is 4.99 Å². The van der Waals surface area contributed by atoms with Crippen molar-refractivity contribution in [3.63, 3.8) is 0 Å². The van der Waals surface area contributed by atoms with Gasteiger partial charge in [-0.05, 0) is 50.1 Å². The molecule has 0 aromatic heterocycles. The lowest BCUT2D eigenvalue weighted by molar-refractivity contribution is -0.127. The molecule has 0 spiro atoms. The van der Waals surface area contributed by atoms with Gasteiger partial charge in [0.1, 0.15) is 0 Å². The van der Waals surface area contributed by atoms with Crippen LogP contribution < -0.4 is 10.6 Å². The summed E-state index contributed by atoms with van der Waals surface area (Å²) in [6.45, 7) is 6.23. The maximum Gasteiger partial charge on any atom is 0.409 e. The number of halogens is 1. The number of aliphatic imine (C=N–C) groups is 1. The molecule has 32 heavy (non-hydrogen) atoms. The predicted octanol–water partition coefficient (Wildman–Crippen LogP) is 3.08. The van der Waals surface area contributed by atoms with Crippen LogP contribution in [0.5, 0.6) is 0 Å². The standard InChI is InChI=1S/C22H35N5O3S.HI/c1-6-30-22(29)27-11-9-18(10-12-27)25-21(24-15-20(28)26(3)4)23-14-17-8-7-16(2)13-19(17)31-5;/h7-8,13,18H,6,9-12,14-15H2,1-5H3,(H2,23,24,25);1H. The molecule has 8 nitrogen and oxygen atoms in total. The Hall–Kier alpha value is -1.69. The number of carbonyl (C=O) groups excluding carboxylic acids is 2. The van der Waals surface area contributed by atoms with Crippen molar-refractivity contribution in [2.45, 2.75) is 44.2 Å². The minimum Gasteiger partial charge on any atom is -0.450 e. The molecule has 0 radical (unpaired) electrons. The summed E-state index contributed by atoms with van der Waals surface area (Å²) in [7, 11) is 3.47. The number of ether oxygens (including phenoxy) is 1. The van der Waals surface area contributed by atoms with Crippen LogP contribution >= 0.6 is 35.7 Å². The number of hydrogen-bond acceptors (Lipinski definition) is 5. The van der Waals surface area contributed by atoms with Crippen molar-refractivity contribution < 1.29 is 14.3 Å². The van der Waals surface area contributed by atoms with Gasteiger partial charge in [0.2, 0.25) is 5.91 Å². The smallest absolute Gasteiger partial charge is 0.409 e. The minimum atomic E-state index is -0.256. The monoisotopic (exact) mass is 577 g/mol. The number of likely N-dealkylation sites (N-methyl/N-ethyl adjacent to an activating group) is 1. The van der Waals surface area contributed by atoms with Crippen LogP contribution in [0.1, 0.15) is 30.9 Å². The summed E-state index contributed by atoms with van der Waals surface area (Å²) in [6, 6.07) is 6.53. The van der Waals surface area contributed by atoms with Gasteiger partial charge in [0.05, 0.1) is 19.7 Å². The third-order valence-corrected chi connectivity index (χ3v) is 5.94. The van der Waals surface area contributed by atoms with Crippen molar-refractivity contribution in [2.75, 3.05) is 46.6 Å². The zero-order valence-electron chi connectivity index (χ0n) is 19.6. The summed E-state index contributed by atoms with van der Waals surface area (Å²) < 4.78 is 5.09. The largest absolute Gasteiger partial charge is 0.450 e. The number of nitrogens with one attached hydrogen (secondary N) is 2. The third kappa shape index (κ3) is 9.05. The van der Waals surface area contributed by atoms with E-state index in [0.29, 0.717) is 32.2 Å². The summed E-state index contributed by atoms with van der Waals surface area (Å²) >= 11 is 1.71. The number of rotatable bonds is 7. The van der Waals surface area contributed by atoms with Crippen molar-refractivity contribution in [1.82, 2.24) is 20.4 Å². The fraction of sp³-hybridized carbons (Fsp3) is 0.591. The molecule has 2 amide bonds. The first-order chi connectivity index (χ1) is 14.8. The maximum atomic E-state index is 12.1. The molecule has 1 fully saturated rings. The number of carbonyl (C=O) groups is 2. The fourth-order valence-electron chi connectivity index (χ4n) is 3.23. The molecule has 0 bridgehead atoms. The first-order valence-corrected chi connectivity index (χ1v) is 11.9. The van der Waals surface area contributed by atoms with Gasteiger partial charge in [0, 0.05) is 38.1 Å². The van der Waals surface area contributed by atoms with Gasteiger partial charge >= 0.3 is 6.09 Å². The molecular formula is C22H36IN5O3S. The Morgan fingerprint density at radius 3 is 2.56 bits per heavy atom. The Kier molecular flexibility index (Phi) is 12.8. The van der Waals surface area contributed by atoms with Crippen LogP contribution in [0.25, 0.3) is 0 Å². The lowest BCUT2D eigenvalue weighted by atomic mass is 10.1. The fourth-order valence-corrected chi connectivity index (χ4v) is 3.93. The second kappa shape index (κ2) is 14.5. The molecule has 10 heteroatoms. The number of amides is 2. The average molecular weight is 578 g/mol. The van der Waals surface area contributed by atoms with Crippen molar-refractivity contribution in [1.29, 1.82) is 0 Å². The maximum absolute atomic E-state index is 12.1. The zero-order valence-corrected chi connectivity index (χ0v) is 22.8. The first kappa shape index (κ1) is 28.3. The number of nitrogens with zero attached hydrogens (tertiary/aromatic N) is 3. The number of thioether (sulfide) groups is 1. The molecule has 1 aliphatic rings. The lowest BCUT2D eigenvalue weighted by Gasteiger charge is -2.32. The number of benzene rings is 1. The van der Waals surface area contributed by atoms with Gasteiger partial charge in [-0.25, -0.2) is 9.79 Å². The minimum absolute atomic E-state index is 0. The number of likely N-dealkylation sites (tertiary alicyclic amines) is 1.